The molecular formula is C15H21N5O. The molecule has 0 bridgehead atoms. The van der Waals surface area contributed by atoms with Crippen LogP contribution in [0, 0.1) is 0 Å². The van der Waals surface area contributed by atoms with Crippen LogP contribution in [-0.2, 0) is 6.42 Å². The van der Waals surface area contributed by atoms with E-state index in [1.165, 1.54) is 6.33 Å². The molecule has 0 aliphatic carbocycles. The normalized spacial score (nSPS) is 10.4. The van der Waals surface area contributed by atoms with Crippen LogP contribution in [0.25, 0.3) is 0 Å². The molecule has 1 amide bonds. The van der Waals surface area contributed by atoms with Crippen LogP contribution in [0.2, 0.25) is 0 Å². The van der Waals surface area contributed by atoms with Gasteiger partial charge in [-0.1, -0.05) is 0 Å². The number of aromatic nitrogens is 3. The van der Waals surface area contributed by atoms with E-state index in [0.717, 1.165) is 24.6 Å². The molecule has 0 radical (unpaired) electrons. The highest BCUT2D eigenvalue weighted by Crippen LogP contribution is 2.14. The molecule has 0 saturated carbocycles. The number of H-pyrrole nitrogens is 1. The Hall–Kier alpha value is -2.37. The lowest BCUT2D eigenvalue weighted by Gasteiger charge is -2.21. The van der Waals surface area contributed by atoms with Crippen LogP contribution in [0.1, 0.15) is 30.0 Å². The predicted molar refractivity (Wildman–Crippen MR) is 82.4 cm³/mol. The monoisotopic (exact) mass is 287 g/mol. The van der Waals surface area contributed by atoms with Crippen molar-refractivity contribution in [3.05, 3.63) is 42.0 Å². The lowest BCUT2D eigenvalue weighted by atomic mass is 10.2. The predicted octanol–water partition coefficient (Wildman–Crippen LogP) is 1.62. The van der Waals surface area contributed by atoms with Crippen LogP contribution in [0.15, 0.2) is 30.6 Å². The number of carbonyl (C=O) groups excluding carboxylic acids is 1. The van der Waals surface area contributed by atoms with Gasteiger partial charge in [0.25, 0.3) is 5.91 Å². The zero-order valence-corrected chi connectivity index (χ0v) is 12.5. The number of aromatic amines is 1. The summed E-state index contributed by atoms with van der Waals surface area (Å²) in [6, 6.07) is 7.69. The Morgan fingerprint density at radius 2 is 1.95 bits per heavy atom. The number of amides is 1. The second kappa shape index (κ2) is 7.42. The molecule has 0 aliphatic heterocycles. The average molecular weight is 287 g/mol. The van der Waals surface area contributed by atoms with Crippen LogP contribution < -0.4 is 10.2 Å². The van der Waals surface area contributed by atoms with Crippen molar-refractivity contribution in [1.29, 1.82) is 0 Å². The van der Waals surface area contributed by atoms with Gasteiger partial charge >= 0.3 is 0 Å². The van der Waals surface area contributed by atoms with Gasteiger partial charge in [0.2, 0.25) is 0 Å². The fourth-order valence-corrected chi connectivity index (χ4v) is 2.16. The Kier molecular flexibility index (Phi) is 5.31. The average Bonchev–Trinajstić information content (AvgIpc) is 3.02. The number of hydrogen-bond acceptors (Lipinski definition) is 4. The highest BCUT2D eigenvalue weighted by atomic mass is 16.1. The fourth-order valence-electron chi connectivity index (χ4n) is 2.16. The van der Waals surface area contributed by atoms with Crippen molar-refractivity contribution in [2.75, 3.05) is 24.5 Å². The van der Waals surface area contributed by atoms with Crippen molar-refractivity contribution >= 4 is 11.6 Å². The molecule has 2 aromatic rings. The van der Waals surface area contributed by atoms with E-state index in [2.05, 4.69) is 39.2 Å². The van der Waals surface area contributed by atoms with E-state index in [1.54, 1.807) is 0 Å². The molecule has 1 heterocycles. The second-order valence-electron chi connectivity index (χ2n) is 4.66. The van der Waals surface area contributed by atoms with Gasteiger partial charge in [0.05, 0.1) is 0 Å². The minimum atomic E-state index is -0.0689. The molecule has 2 N–H and O–H groups in total. The highest BCUT2D eigenvalue weighted by Gasteiger charge is 2.07. The van der Waals surface area contributed by atoms with E-state index in [-0.39, 0.29) is 5.91 Å². The molecule has 112 valence electrons. The first kappa shape index (κ1) is 15.0. The van der Waals surface area contributed by atoms with Crippen LogP contribution in [0.3, 0.4) is 0 Å². The van der Waals surface area contributed by atoms with Crippen molar-refractivity contribution in [3.63, 3.8) is 0 Å². The second-order valence-corrected chi connectivity index (χ2v) is 4.66. The molecule has 2 rings (SSSR count). The Bertz CT molecular complexity index is 546. The molecule has 6 heteroatoms. The summed E-state index contributed by atoms with van der Waals surface area (Å²) in [6.07, 6.45) is 2.10. The first-order chi connectivity index (χ1) is 10.2. The number of rotatable bonds is 7. The summed E-state index contributed by atoms with van der Waals surface area (Å²) in [5.41, 5.74) is 1.81. The van der Waals surface area contributed by atoms with Gasteiger partial charge in [0.1, 0.15) is 12.2 Å². The first-order valence-electron chi connectivity index (χ1n) is 7.22. The van der Waals surface area contributed by atoms with Gasteiger partial charge in [-0.3, -0.25) is 9.89 Å². The lowest BCUT2D eigenvalue weighted by molar-refractivity contribution is 0.0954. The van der Waals surface area contributed by atoms with Gasteiger partial charge in [0, 0.05) is 37.3 Å². The zero-order chi connectivity index (χ0) is 15.1. The van der Waals surface area contributed by atoms with Crippen LogP contribution in [-0.4, -0.2) is 40.7 Å². The Morgan fingerprint density at radius 3 is 2.52 bits per heavy atom. The summed E-state index contributed by atoms with van der Waals surface area (Å²) >= 11 is 0. The molecule has 6 nitrogen and oxygen atoms in total. The number of carbonyl (C=O) groups is 1. The number of nitrogens with one attached hydrogen (secondary N) is 2. The van der Waals surface area contributed by atoms with Gasteiger partial charge < -0.3 is 10.2 Å². The summed E-state index contributed by atoms with van der Waals surface area (Å²) in [4.78, 5) is 18.3. The molecular weight excluding hydrogens is 266 g/mol. The van der Waals surface area contributed by atoms with Crippen molar-refractivity contribution in [2.45, 2.75) is 20.3 Å². The summed E-state index contributed by atoms with van der Waals surface area (Å²) in [5.74, 6) is 0.702. The zero-order valence-electron chi connectivity index (χ0n) is 12.5. The van der Waals surface area contributed by atoms with E-state index in [0.29, 0.717) is 18.5 Å². The Labute approximate surface area is 124 Å². The summed E-state index contributed by atoms with van der Waals surface area (Å²) in [7, 11) is 0. The molecule has 0 unspecified atom stereocenters. The third kappa shape index (κ3) is 4.05. The smallest absolute Gasteiger partial charge is 0.251 e. The van der Waals surface area contributed by atoms with Crippen molar-refractivity contribution in [1.82, 2.24) is 20.5 Å². The van der Waals surface area contributed by atoms with E-state index in [4.69, 9.17) is 0 Å². The maximum atomic E-state index is 12.0. The molecule has 0 fully saturated rings. The third-order valence-corrected chi connectivity index (χ3v) is 3.37. The lowest BCUT2D eigenvalue weighted by Crippen LogP contribution is -2.26. The maximum Gasteiger partial charge on any atom is 0.251 e. The van der Waals surface area contributed by atoms with Crippen molar-refractivity contribution < 1.29 is 4.79 Å². The van der Waals surface area contributed by atoms with Crippen LogP contribution >= 0.6 is 0 Å². The molecule has 1 aromatic heterocycles. The first-order valence-corrected chi connectivity index (χ1v) is 7.22. The summed E-state index contributed by atoms with van der Waals surface area (Å²) in [5, 5.41) is 9.41. The molecule has 0 atom stereocenters. The topological polar surface area (TPSA) is 73.9 Å². The van der Waals surface area contributed by atoms with Gasteiger partial charge in [0.15, 0.2) is 0 Å². The quantitative estimate of drug-likeness (QED) is 0.811. The Morgan fingerprint density at radius 1 is 1.24 bits per heavy atom. The SMILES string of the molecule is CCN(CC)c1ccc(C(=O)NCCc2ncn[nH]2)cc1. The fraction of sp³-hybridized carbons (Fsp3) is 0.400. The number of hydrogen-bond donors (Lipinski definition) is 2. The summed E-state index contributed by atoms with van der Waals surface area (Å²) in [6.45, 7) is 6.69. The summed E-state index contributed by atoms with van der Waals surface area (Å²) < 4.78 is 0. The van der Waals surface area contributed by atoms with E-state index in [1.807, 2.05) is 24.3 Å². The minimum Gasteiger partial charge on any atom is -0.372 e. The number of benzene rings is 1. The molecule has 1 aromatic carbocycles. The van der Waals surface area contributed by atoms with Crippen molar-refractivity contribution in [3.8, 4) is 0 Å². The number of anilines is 1. The van der Waals surface area contributed by atoms with E-state index >= 15 is 0 Å². The standard InChI is InChI=1S/C15H21N5O/c1-3-20(4-2)13-7-5-12(6-8-13)15(21)16-10-9-14-17-11-18-19-14/h5-8,11H,3-4,9-10H2,1-2H3,(H,16,21)(H,17,18,19). The van der Waals surface area contributed by atoms with Gasteiger partial charge in [-0.25, -0.2) is 4.98 Å². The van der Waals surface area contributed by atoms with Gasteiger partial charge in [-0.2, -0.15) is 5.10 Å². The molecule has 0 saturated heterocycles. The highest BCUT2D eigenvalue weighted by molar-refractivity contribution is 5.94. The van der Waals surface area contributed by atoms with Crippen LogP contribution in [0.5, 0.6) is 0 Å². The van der Waals surface area contributed by atoms with Crippen molar-refractivity contribution in [2.24, 2.45) is 0 Å². The molecule has 0 spiro atoms. The number of nitrogens with zero attached hydrogens (tertiary/aromatic N) is 3. The molecule has 21 heavy (non-hydrogen) atoms. The molecule has 0 aliphatic rings. The minimum absolute atomic E-state index is 0.0689. The largest absolute Gasteiger partial charge is 0.372 e. The van der Waals surface area contributed by atoms with E-state index in [9.17, 15) is 4.79 Å². The van der Waals surface area contributed by atoms with Crippen LogP contribution in [0.4, 0.5) is 5.69 Å². The Balaban J connectivity index is 1.87. The maximum absolute atomic E-state index is 12.0. The third-order valence-electron chi connectivity index (χ3n) is 3.37. The van der Waals surface area contributed by atoms with E-state index < -0.39 is 0 Å². The van der Waals surface area contributed by atoms with Gasteiger partial charge in [-0.05, 0) is 38.1 Å². The van der Waals surface area contributed by atoms with Gasteiger partial charge in [-0.15, -0.1) is 0 Å².